The molecule has 0 bridgehead atoms. The van der Waals surface area contributed by atoms with Gasteiger partial charge >= 0.3 is 0 Å². The van der Waals surface area contributed by atoms with Gasteiger partial charge in [0, 0.05) is 24.7 Å². The third-order valence-corrected chi connectivity index (χ3v) is 2.69. The number of aryl methyl sites for hydroxylation is 1. The van der Waals surface area contributed by atoms with Crippen LogP contribution in [-0.2, 0) is 6.42 Å². The van der Waals surface area contributed by atoms with E-state index in [0.717, 1.165) is 37.3 Å². The Labute approximate surface area is 106 Å². The summed E-state index contributed by atoms with van der Waals surface area (Å²) in [6.45, 7) is 2.88. The largest absolute Gasteiger partial charge is 0.370 e. The van der Waals surface area contributed by atoms with Gasteiger partial charge in [-0.1, -0.05) is 6.92 Å². The Morgan fingerprint density at radius 2 is 2.33 bits per heavy atom. The molecule has 0 saturated carbocycles. The molecule has 0 radical (unpaired) electrons. The fraction of sp³-hybridized carbons (Fsp3) is 0.500. The zero-order chi connectivity index (χ0) is 12.8. The van der Waals surface area contributed by atoms with E-state index in [1.807, 2.05) is 6.07 Å². The molecule has 0 aromatic carbocycles. The molecular formula is C12H16N6. The molecule has 2 rings (SSSR count). The summed E-state index contributed by atoms with van der Waals surface area (Å²) in [6, 6.07) is 4.14. The molecule has 0 fully saturated rings. The van der Waals surface area contributed by atoms with Crippen molar-refractivity contribution in [3.63, 3.8) is 0 Å². The van der Waals surface area contributed by atoms with Gasteiger partial charge in [0.05, 0.1) is 6.07 Å². The van der Waals surface area contributed by atoms with Crippen LogP contribution >= 0.6 is 0 Å². The number of hydrogen-bond donors (Lipinski definition) is 1. The van der Waals surface area contributed by atoms with Crippen molar-refractivity contribution in [2.45, 2.75) is 32.6 Å². The molecule has 94 valence electrons. The Bertz CT molecular complexity index is 553. The minimum Gasteiger partial charge on any atom is -0.370 e. The van der Waals surface area contributed by atoms with Crippen LogP contribution in [0.25, 0.3) is 5.78 Å². The lowest BCUT2D eigenvalue weighted by molar-refractivity contribution is 0.776. The summed E-state index contributed by atoms with van der Waals surface area (Å²) >= 11 is 0. The van der Waals surface area contributed by atoms with Crippen molar-refractivity contribution in [2.24, 2.45) is 0 Å². The SMILES string of the molecule is CCc1cc(NCCCCC#N)n2ncnc2n1. The highest BCUT2D eigenvalue weighted by atomic mass is 15.3. The molecule has 0 amide bonds. The highest BCUT2D eigenvalue weighted by Gasteiger charge is 2.05. The first-order valence-electron chi connectivity index (χ1n) is 6.15. The van der Waals surface area contributed by atoms with Crippen LogP contribution < -0.4 is 5.32 Å². The molecule has 1 N–H and O–H groups in total. The number of unbranched alkanes of at least 4 members (excludes halogenated alkanes) is 2. The van der Waals surface area contributed by atoms with E-state index in [1.165, 1.54) is 6.33 Å². The Morgan fingerprint density at radius 3 is 3.11 bits per heavy atom. The van der Waals surface area contributed by atoms with Gasteiger partial charge in [-0.05, 0) is 19.3 Å². The highest BCUT2D eigenvalue weighted by molar-refractivity contribution is 5.44. The van der Waals surface area contributed by atoms with Crippen molar-refractivity contribution in [1.82, 2.24) is 19.6 Å². The summed E-state index contributed by atoms with van der Waals surface area (Å²) in [5.41, 5.74) is 0.995. The summed E-state index contributed by atoms with van der Waals surface area (Å²) in [7, 11) is 0. The third kappa shape index (κ3) is 2.74. The lowest BCUT2D eigenvalue weighted by Crippen LogP contribution is -2.08. The molecular weight excluding hydrogens is 228 g/mol. The molecule has 0 aliphatic rings. The normalized spacial score (nSPS) is 10.4. The van der Waals surface area contributed by atoms with Gasteiger partial charge in [-0.2, -0.15) is 19.9 Å². The molecule has 0 saturated heterocycles. The minimum absolute atomic E-state index is 0.608. The molecule has 0 atom stereocenters. The number of nitrogens with zero attached hydrogens (tertiary/aromatic N) is 5. The van der Waals surface area contributed by atoms with Crippen molar-refractivity contribution in [2.75, 3.05) is 11.9 Å². The monoisotopic (exact) mass is 244 g/mol. The van der Waals surface area contributed by atoms with E-state index in [2.05, 4.69) is 33.4 Å². The standard InChI is InChI=1S/C12H16N6/c1-2-10-8-11(14-7-5-3-4-6-13)18-12(17-10)15-9-16-18/h8-9,14H,2-5,7H2,1H3. The molecule has 2 heterocycles. The Hall–Kier alpha value is -2.16. The van der Waals surface area contributed by atoms with E-state index >= 15 is 0 Å². The van der Waals surface area contributed by atoms with Gasteiger partial charge in [-0.3, -0.25) is 0 Å². The molecule has 2 aromatic rings. The van der Waals surface area contributed by atoms with Crippen LogP contribution in [0.15, 0.2) is 12.4 Å². The van der Waals surface area contributed by atoms with Crippen LogP contribution in [0.1, 0.15) is 31.9 Å². The first-order valence-corrected chi connectivity index (χ1v) is 6.15. The van der Waals surface area contributed by atoms with E-state index in [4.69, 9.17) is 5.26 Å². The highest BCUT2D eigenvalue weighted by Crippen LogP contribution is 2.11. The van der Waals surface area contributed by atoms with Crippen LogP contribution in [0.4, 0.5) is 5.82 Å². The van der Waals surface area contributed by atoms with Gasteiger partial charge in [0.1, 0.15) is 12.1 Å². The summed E-state index contributed by atoms with van der Waals surface area (Å²) in [5, 5.41) is 15.9. The van der Waals surface area contributed by atoms with Crippen molar-refractivity contribution in [1.29, 1.82) is 5.26 Å². The topological polar surface area (TPSA) is 78.9 Å². The van der Waals surface area contributed by atoms with E-state index < -0.39 is 0 Å². The molecule has 0 aliphatic carbocycles. The fourth-order valence-electron chi connectivity index (χ4n) is 1.71. The number of anilines is 1. The lowest BCUT2D eigenvalue weighted by atomic mass is 10.2. The maximum atomic E-state index is 8.46. The fourth-order valence-corrected chi connectivity index (χ4v) is 1.71. The van der Waals surface area contributed by atoms with Crippen LogP contribution in [0, 0.1) is 11.3 Å². The molecule has 0 spiro atoms. The van der Waals surface area contributed by atoms with Gasteiger partial charge in [-0.25, -0.2) is 4.98 Å². The van der Waals surface area contributed by atoms with Gasteiger partial charge in [0.2, 0.25) is 0 Å². The predicted octanol–water partition coefficient (Wildman–Crippen LogP) is 1.79. The van der Waals surface area contributed by atoms with Crippen LogP contribution in [0.2, 0.25) is 0 Å². The van der Waals surface area contributed by atoms with E-state index in [0.29, 0.717) is 12.2 Å². The zero-order valence-corrected chi connectivity index (χ0v) is 10.4. The summed E-state index contributed by atoms with van der Waals surface area (Å²) in [5.74, 6) is 1.53. The van der Waals surface area contributed by atoms with E-state index in [1.54, 1.807) is 4.52 Å². The second kappa shape index (κ2) is 5.96. The van der Waals surface area contributed by atoms with Crippen LogP contribution in [0.5, 0.6) is 0 Å². The average Bonchev–Trinajstić information content (AvgIpc) is 2.86. The second-order valence-electron chi connectivity index (χ2n) is 4.00. The van der Waals surface area contributed by atoms with Gasteiger partial charge in [0.15, 0.2) is 0 Å². The molecule has 6 nitrogen and oxygen atoms in total. The van der Waals surface area contributed by atoms with E-state index in [9.17, 15) is 0 Å². The number of hydrogen-bond acceptors (Lipinski definition) is 5. The summed E-state index contributed by atoms with van der Waals surface area (Å²) in [4.78, 5) is 8.48. The maximum absolute atomic E-state index is 8.46. The van der Waals surface area contributed by atoms with Gasteiger partial charge in [0.25, 0.3) is 5.78 Å². The number of fused-ring (bicyclic) bond motifs is 1. The molecule has 6 heteroatoms. The van der Waals surface area contributed by atoms with Crippen LogP contribution in [-0.4, -0.2) is 26.1 Å². The number of nitriles is 1. The minimum atomic E-state index is 0.608. The lowest BCUT2D eigenvalue weighted by Gasteiger charge is -2.08. The maximum Gasteiger partial charge on any atom is 0.254 e. The summed E-state index contributed by atoms with van der Waals surface area (Å²) < 4.78 is 1.70. The molecule has 0 unspecified atom stereocenters. The Morgan fingerprint density at radius 1 is 1.44 bits per heavy atom. The summed E-state index contributed by atoms with van der Waals surface area (Å²) in [6.07, 6.45) is 4.86. The number of nitrogens with one attached hydrogen (secondary N) is 1. The Kier molecular flexibility index (Phi) is 4.07. The zero-order valence-electron chi connectivity index (χ0n) is 10.4. The average molecular weight is 244 g/mol. The van der Waals surface area contributed by atoms with Crippen molar-refractivity contribution < 1.29 is 0 Å². The molecule has 0 aliphatic heterocycles. The predicted molar refractivity (Wildman–Crippen MR) is 68.1 cm³/mol. The quantitative estimate of drug-likeness (QED) is 0.784. The van der Waals surface area contributed by atoms with Crippen molar-refractivity contribution in [3.8, 4) is 6.07 Å². The second-order valence-corrected chi connectivity index (χ2v) is 4.00. The van der Waals surface area contributed by atoms with Crippen molar-refractivity contribution >= 4 is 11.6 Å². The Balaban J connectivity index is 2.06. The van der Waals surface area contributed by atoms with E-state index in [-0.39, 0.29) is 0 Å². The first-order chi connectivity index (χ1) is 8.85. The van der Waals surface area contributed by atoms with Gasteiger partial charge < -0.3 is 5.32 Å². The molecule has 18 heavy (non-hydrogen) atoms. The smallest absolute Gasteiger partial charge is 0.254 e. The van der Waals surface area contributed by atoms with Crippen molar-refractivity contribution in [3.05, 3.63) is 18.1 Å². The first kappa shape index (κ1) is 12.3. The van der Waals surface area contributed by atoms with Gasteiger partial charge in [-0.15, -0.1) is 0 Å². The van der Waals surface area contributed by atoms with Crippen LogP contribution in [0.3, 0.4) is 0 Å². The third-order valence-electron chi connectivity index (χ3n) is 2.69. The molecule has 2 aromatic heterocycles. The number of aromatic nitrogens is 4. The number of rotatable bonds is 6.